The van der Waals surface area contributed by atoms with E-state index in [1.807, 2.05) is 0 Å². The first-order valence-corrected chi connectivity index (χ1v) is 6.42. The Balaban J connectivity index is 2.08. The van der Waals surface area contributed by atoms with E-state index in [1.165, 1.54) is 18.5 Å². The Bertz CT molecular complexity index is 433. The highest BCUT2D eigenvalue weighted by atomic mass is 16.5. The van der Waals surface area contributed by atoms with E-state index in [0.717, 1.165) is 25.2 Å². The number of rotatable bonds is 3. The minimum Gasteiger partial charge on any atom is -0.488 e. The summed E-state index contributed by atoms with van der Waals surface area (Å²) in [7, 11) is 0. The zero-order valence-corrected chi connectivity index (χ0v) is 10.8. The van der Waals surface area contributed by atoms with Crippen LogP contribution in [0.3, 0.4) is 0 Å². The van der Waals surface area contributed by atoms with Crippen LogP contribution in [0.15, 0.2) is 18.5 Å². The van der Waals surface area contributed by atoms with Crippen molar-refractivity contribution in [2.45, 2.75) is 39.2 Å². The van der Waals surface area contributed by atoms with Crippen molar-refractivity contribution in [3.05, 3.63) is 24.0 Å². The summed E-state index contributed by atoms with van der Waals surface area (Å²) in [5.41, 5.74) is 0.191. The van der Waals surface area contributed by atoms with Gasteiger partial charge in [0.15, 0.2) is 5.75 Å². The molecule has 98 valence electrons. The monoisotopic (exact) mass is 249 g/mol. The molecule has 1 fully saturated rings. The summed E-state index contributed by atoms with van der Waals surface area (Å²) >= 11 is 0. The van der Waals surface area contributed by atoms with E-state index >= 15 is 0 Å². The van der Waals surface area contributed by atoms with Gasteiger partial charge >= 0.3 is 5.97 Å². The second-order valence-electron chi connectivity index (χ2n) is 5.18. The van der Waals surface area contributed by atoms with Gasteiger partial charge in [-0.3, -0.25) is 4.98 Å². The van der Waals surface area contributed by atoms with E-state index < -0.39 is 5.97 Å². The van der Waals surface area contributed by atoms with E-state index in [4.69, 9.17) is 9.84 Å². The highest BCUT2D eigenvalue weighted by molar-refractivity contribution is 5.90. The first-order chi connectivity index (χ1) is 8.58. The van der Waals surface area contributed by atoms with Gasteiger partial charge in [0.1, 0.15) is 5.56 Å². The minimum atomic E-state index is -0.968. The third kappa shape index (κ3) is 2.81. The molecule has 0 spiro atoms. The highest BCUT2D eigenvalue weighted by Crippen LogP contribution is 2.32. The molecule has 0 amide bonds. The Labute approximate surface area is 107 Å². The maximum atomic E-state index is 11.1. The third-order valence-corrected chi connectivity index (χ3v) is 3.86. The maximum Gasteiger partial charge on any atom is 0.339 e. The van der Waals surface area contributed by atoms with Crippen LogP contribution in [0.1, 0.15) is 43.5 Å². The number of ether oxygens (including phenoxy) is 1. The molecule has 3 unspecified atom stereocenters. The standard InChI is InChI=1S/C14H19NO3/c1-9-3-4-11(7-10(9)2)18-13-8-15-6-5-12(13)14(16)17/h5-6,8-11H,3-4,7H2,1-2H3,(H,16,17). The van der Waals surface area contributed by atoms with Gasteiger partial charge in [0.2, 0.25) is 0 Å². The Kier molecular flexibility index (Phi) is 3.84. The summed E-state index contributed by atoms with van der Waals surface area (Å²) in [6, 6.07) is 1.48. The Morgan fingerprint density at radius 1 is 1.39 bits per heavy atom. The number of hydrogen-bond acceptors (Lipinski definition) is 3. The first-order valence-electron chi connectivity index (χ1n) is 6.42. The Hall–Kier alpha value is -1.58. The van der Waals surface area contributed by atoms with Crippen molar-refractivity contribution in [2.24, 2.45) is 11.8 Å². The normalized spacial score (nSPS) is 27.8. The van der Waals surface area contributed by atoms with Crippen LogP contribution in [0.5, 0.6) is 5.75 Å². The molecule has 1 aromatic heterocycles. The molecule has 0 aliphatic heterocycles. The van der Waals surface area contributed by atoms with Crippen LogP contribution in [-0.2, 0) is 0 Å². The molecule has 1 aromatic rings. The van der Waals surface area contributed by atoms with E-state index in [1.54, 1.807) is 0 Å². The predicted octanol–water partition coefficient (Wildman–Crippen LogP) is 2.98. The molecule has 3 atom stereocenters. The van der Waals surface area contributed by atoms with Gasteiger partial charge in [-0.2, -0.15) is 0 Å². The fraction of sp³-hybridized carbons (Fsp3) is 0.571. The van der Waals surface area contributed by atoms with Crippen molar-refractivity contribution < 1.29 is 14.6 Å². The fourth-order valence-electron chi connectivity index (χ4n) is 2.44. The molecule has 1 heterocycles. The van der Waals surface area contributed by atoms with E-state index in [9.17, 15) is 4.79 Å². The number of hydrogen-bond donors (Lipinski definition) is 1. The van der Waals surface area contributed by atoms with Crippen molar-refractivity contribution in [3.8, 4) is 5.75 Å². The average molecular weight is 249 g/mol. The fourth-order valence-corrected chi connectivity index (χ4v) is 2.44. The molecule has 1 aliphatic rings. The van der Waals surface area contributed by atoms with Crippen molar-refractivity contribution in [3.63, 3.8) is 0 Å². The largest absolute Gasteiger partial charge is 0.488 e. The lowest BCUT2D eigenvalue weighted by molar-refractivity contribution is 0.0675. The number of aromatic nitrogens is 1. The highest BCUT2D eigenvalue weighted by Gasteiger charge is 2.26. The van der Waals surface area contributed by atoms with Crippen LogP contribution in [-0.4, -0.2) is 22.2 Å². The maximum absolute atomic E-state index is 11.1. The molecule has 18 heavy (non-hydrogen) atoms. The third-order valence-electron chi connectivity index (χ3n) is 3.86. The molecule has 4 heteroatoms. The first kappa shape index (κ1) is 12.9. The van der Waals surface area contributed by atoms with Crippen molar-refractivity contribution in [1.29, 1.82) is 0 Å². The van der Waals surface area contributed by atoms with Gasteiger partial charge in [0, 0.05) is 6.20 Å². The SMILES string of the molecule is CC1CCC(Oc2cnccc2C(=O)O)CC1C. The van der Waals surface area contributed by atoms with Gasteiger partial charge in [-0.1, -0.05) is 13.8 Å². The number of aromatic carboxylic acids is 1. The summed E-state index contributed by atoms with van der Waals surface area (Å²) in [5, 5.41) is 9.08. The smallest absolute Gasteiger partial charge is 0.339 e. The van der Waals surface area contributed by atoms with Crippen LogP contribution in [0.4, 0.5) is 0 Å². The van der Waals surface area contributed by atoms with Gasteiger partial charge in [-0.05, 0) is 37.2 Å². The number of pyridine rings is 1. The average Bonchev–Trinajstić information content (AvgIpc) is 2.34. The molecule has 0 saturated heterocycles. The quantitative estimate of drug-likeness (QED) is 0.894. The Morgan fingerprint density at radius 2 is 2.17 bits per heavy atom. The van der Waals surface area contributed by atoms with Crippen LogP contribution in [0, 0.1) is 11.8 Å². The van der Waals surface area contributed by atoms with Gasteiger partial charge in [-0.15, -0.1) is 0 Å². The molecule has 4 nitrogen and oxygen atoms in total. The molecular weight excluding hydrogens is 230 g/mol. The summed E-state index contributed by atoms with van der Waals surface area (Å²) < 4.78 is 5.82. The topological polar surface area (TPSA) is 59.4 Å². The summed E-state index contributed by atoms with van der Waals surface area (Å²) in [6.45, 7) is 4.48. The molecule has 0 radical (unpaired) electrons. The molecule has 1 N–H and O–H groups in total. The molecule has 1 aliphatic carbocycles. The molecule has 0 aromatic carbocycles. The van der Waals surface area contributed by atoms with Crippen molar-refractivity contribution in [1.82, 2.24) is 4.98 Å². The molecule has 1 saturated carbocycles. The lowest BCUT2D eigenvalue weighted by Gasteiger charge is -2.32. The minimum absolute atomic E-state index is 0.110. The molecule has 0 bridgehead atoms. The number of carbonyl (C=O) groups is 1. The van der Waals surface area contributed by atoms with Gasteiger partial charge in [0.25, 0.3) is 0 Å². The van der Waals surface area contributed by atoms with E-state index in [0.29, 0.717) is 11.7 Å². The van der Waals surface area contributed by atoms with Crippen LogP contribution < -0.4 is 4.74 Å². The van der Waals surface area contributed by atoms with Crippen LogP contribution >= 0.6 is 0 Å². The summed E-state index contributed by atoms with van der Waals surface area (Å²) in [4.78, 5) is 15.0. The zero-order chi connectivity index (χ0) is 13.1. The molecular formula is C14H19NO3. The Morgan fingerprint density at radius 3 is 2.83 bits per heavy atom. The summed E-state index contributed by atoms with van der Waals surface area (Å²) in [5.74, 6) is 0.757. The van der Waals surface area contributed by atoms with Gasteiger partial charge < -0.3 is 9.84 Å². The second-order valence-corrected chi connectivity index (χ2v) is 5.18. The molecule has 2 rings (SSSR count). The zero-order valence-electron chi connectivity index (χ0n) is 10.8. The van der Waals surface area contributed by atoms with Crippen LogP contribution in [0.25, 0.3) is 0 Å². The number of nitrogens with zero attached hydrogens (tertiary/aromatic N) is 1. The van der Waals surface area contributed by atoms with E-state index in [-0.39, 0.29) is 11.7 Å². The number of carboxylic acids is 1. The van der Waals surface area contributed by atoms with Crippen LogP contribution in [0.2, 0.25) is 0 Å². The number of carboxylic acid groups (broad SMARTS) is 1. The summed E-state index contributed by atoms with van der Waals surface area (Å²) in [6.07, 6.45) is 6.18. The lowest BCUT2D eigenvalue weighted by Crippen LogP contribution is -2.29. The predicted molar refractivity (Wildman–Crippen MR) is 67.8 cm³/mol. The van der Waals surface area contributed by atoms with Crippen molar-refractivity contribution >= 4 is 5.97 Å². The lowest BCUT2D eigenvalue weighted by atomic mass is 9.80. The van der Waals surface area contributed by atoms with Crippen molar-refractivity contribution in [2.75, 3.05) is 0 Å². The van der Waals surface area contributed by atoms with Gasteiger partial charge in [-0.25, -0.2) is 4.79 Å². The second kappa shape index (κ2) is 5.38. The van der Waals surface area contributed by atoms with E-state index in [2.05, 4.69) is 18.8 Å². The van der Waals surface area contributed by atoms with Gasteiger partial charge in [0.05, 0.1) is 12.3 Å².